The van der Waals surface area contributed by atoms with Crippen LogP contribution in [-0.4, -0.2) is 19.2 Å². The van der Waals surface area contributed by atoms with Gasteiger partial charge in [0.2, 0.25) is 5.91 Å². The van der Waals surface area contributed by atoms with Gasteiger partial charge in [0.25, 0.3) is 0 Å². The fourth-order valence-electron chi connectivity index (χ4n) is 2.72. The summed E-state index contributed by atoms with van der Waals surface area (Å²) in [6.45, 7) is 0. The van der Waals surface area contributed by atoms with Crippen LogP contribution >= 0.6 is 0 Å². The Bertz CT molecular complexity index is 670. The summed E-state index contributed by atoms with van der Waals surface area (Å²) in [5.41, 5.74) is 4.07. The standard InChI is InChI=1S/C18H18N2O2/c1-22-18(15-10-6-3-7-11-15)12-16(18)17(21)20-19-13-14-8-4-2-5-9-14/h2-11,13,16H,12H2,1H3,(H,20,21). The lowest BCUT2D eigenvalue weighted by atomic mass is 10.1. The minimum atomic E-state index is -0.506. The number of hydrazone groups is 1. The predicted octanol–water partition coefficient (Wildman–Crippen LogP) is 2.70. The average Bonchev–Trinajstić information content (AvgIpc) is 3.33. The molecular weight excluding hydrogens is 276 g/mol. The van der Waals surface area contributed by atoms with E-state index in [4.69, 9.17) is 4.74 Å². The van der Waals surface area contributed by atoms with Gasteiger partial charge in [0.15, 0.2) is 0 Å². The lowest BCUT2D eigenvalue weighted by Gasteiger charge is -2.15. The maximum absolute atomic E-state index is 12.2. The Morgan fingerprint density at radius 1 is 1.18 bits per heavy atom. The molecule has 0 radical (unpaired) electrons. The molecule has 0 saturated heterocycles. The van der Waals surface area contributed by atoms with E-state index in [9.17, 15) is 4.79 Å². The molecule has 0 spiro atoms. The van der Waals surface area contributed by atoms with Gasteiger partial charge < -0.3 is 4.74 Å². The average molecular weight is 294 g/mol. The smallest absolute Gasteiger partial charge is 0.246 e. The largest absolute Gasteiger partial charge is 0.373 e. The molecule has 4 nitrogen and oxygen atoms in total. The molecule has 4 heteroatoms. The van der Waals surface area contributed by atoms with E-state index in [2.05, 4.69) is 10.5 Å². The SMILES string of the molecule is COC1(c2ccccc2)CC1C(=O)NN=Cc1ccccc1. The topological polar surface area (TPSA) is 50.7 Å². The van der Waals surface area contributed by atoms with Gasteiger partial charge in [-0.2, -0.15) is 5.10 Å². The van der Waals surface area contributed by atoms with Crippen molar-refractivity contribution in [3.63, 3.8) is 0 Å². The van der Waals surface area contributed by atoms with E-state index in [-0.39, 0.29) is 11.8 Å². The highest BCUT2D eigenvalue weighted by Crippen LogP contribution is 2.54. The second-order valence-electron chi connectivity index (χ2n) is 5.36. The van der Waals surface area contributed by atoms with Crippen LogP contribution in [0.5, 0.6) is 0 Å². The van der Waals surface area contributed by atoms with Gasteiger partial charge in [0.1, 0.15) is 5.60 Å². The fourth-order valence-corrected chi connectivity index (χ4v) is 2.72. The summed E-state index contributed by atoms with van der Waals surface area (Å²) < 4.78 is 5.62. The number of methoxy groups -OCH3 is 1. The first-order chi connectivity index (χ1) is 10.8. The maximum Gasteiger partial charge on any atom is 0.246 e. The number of hydrogen-bond donors (Lipinski definition) is 1. The fraction of sp³-hybridized carbons (Fsp3) is 0.222. The Balaban J connectivity index is 1.64. The van der Waals surface area contributed by atoms with Gasteiger partial charge in [-0.3, -0.25) is 4.79 Å². The van der Waals surface area contributed by atoms with Crippen molar-refractivity contribution < 1.29 is 9.53 Å². The number of rotatable bonds is 5. The van der Waals surface area contributed by atoms with Crippen LogP contribution in [0.3, 0.4) is 0 Å². The van der Waals surface area contributed by atoms with Crippen molar-refractivity contribution >= 4 is 12.1 Å². The molecule has 3 rings (SSSR count). The molecule has 1 aliphatic carbocycles. The molecule has 1 saturated carbocycles. The molecule has 2 atom stereocenters. The zero-order chi connectivity index (χ0) is 15.4. The molecule has 1 fully saturated rings. The number of nitrogens with zero attached hydrogens (tertiary/aromatic N) is 1. The third-order valence-corrected chi connectivity index (χ3v) is 4.04. The Hall–Kier alpha value is -2.46. The molecule has 1 aliphatic rings. The van der Waals surface area contributed by atoms with Crippen LogP contribution < -0.4 is 5.43 Å². The zero-order valence-corrected chi connectivity index (χ0v) is 12.4. The normalized spacial score (nSPS) is 23.4. The summed E-state index contributed by atoms with van der Waals surface area (Å²) in [5, 5.41) is 4.02. The van der Waals surface area contributed by atoms with E-state index in [1.165, 1.54) is 0 Å². The van der Waals surface area contributed by atoms with Gasteiger partial charge in [-0.15, -0.1) is 0 Å². The summed E-state index contributed by atoms with van der Waals surface area (Å²) in [6, 6.07) is 19.5. The second-order valence-corrected chi connectivity index (χ2v) is 5.36. The van der Waals surface area contributed by atoms with E-state index >= 15 is 0 Å². The summed E-state index contributed by atoms with van der Waals surface area (Å²) in [7, 11) is 1.65. The Morgan fingerprint density at radius 3 is 2.45 bits per heavy atom. The summed E-state index contributed by atoms with van der Waals surface area (Å²) in [6.07, 6.45) is 2.32. The van der Waals surface area contributed by atoms with Crippen molar-refractivity contribution in [1.29, 1.82) is 0 Å². The van der Waals surface area contributed by atoms with Crippen molar-refractivity contribution in [3.8, 4) is 0 Å². The second kappa shape index (κ2) is 6.12. The van der Waals surface area contributed by atoms with Crippen LogP contribution in [0, 0.1) is 5.92 Å². The molecule has 0 heterocycles. The highest BCUT2D eigenvalue weighted by atomic mass is 16.5. The van der Waals surface area contributed by atoms with E-state index in [1.807, 2.05) is 60.7 Å². The van der Waals surface area contributed by atoms with Crippen LogP contribution in [0.1, 0.15) is 17.5 Å². The first-order valence-electron chi connectivity index (χ1n) is 7.25. The van der Waals surface area contributed by atoms with Crippen molar-refractivity contribution in [3.05, 3.63) is 71.8 Å². The molecule has 1 N–H and O–H groups in total. The van der Waals surface area contributed by atoms with Crippen LogP contribution in [0.4, 0.5) is 0 Å². The summed E-state index contributed by atoms with van der Waals surface area (Å²) >= 11 is 0. The van der Waals surface area contributed by atoms with Gasteiger partial charge in [-0.05, 0) is 17.5 Å². The van der Waals surface area contributed by atoms with E-state index in [1.54, 1.807) is 13.3 Å². The predicted molar refractivity (Wildman–Crippen MR) is 85.4 cm³/mol. The number of ether oxygens (including phenoxy) is 1. The first-order valence-corrected chi connectivity index (χ1v) is 7.25. The van der Waals surface area contributed by atoms with Gasteiger partial charge in [0, 0.05) is 7.11 Å². The molecule has 112 valence electrons. The molecule has 2 aromatic carbocycles. The van der Waals surface area contributed by atoms with Crippen LogP contribution in [0.25, 0.3) is 0 Å². The Labute approximate surface area is 129 Å². The molecule has 0 aliphatic heterocycles. The molecule has 0 bridgehead atoms. The molecule has 0 aromatic heterocycles. The first kappa shape index (κ1) is 14.5. The highest BCUT2D eigenvalue weighted by molar-refractivity contribution is 5.86. The Morgan fingerprint density at radius 2 is 1.82 bits per heavy atom. The van der Waals surface area contributed by atoms with Crippen LogP contribution in [0.15, 0.2) is 65.8 Å². The third-order valence-electron chi connectivity index (χ3n) is 4.04. The van der Waals surface area contributed by atoms with Crippen molar-refractivity contribution in [2.75, 3.05) is 7.11 Å². The summed E-state index contributed by atoms with van der Waals surface area (Å²) in [4.78, 5) is 12.2. The number of hydrogen-bond acceptors (Lipinski definition) is 3. The quantitative estimate of drug-likeness (QED) is 0.681. The minimum Gasteiger partial charge on any atom is -0.373 e. The monoisotopic (exact) mass is 294 g/mol. The molecule has 1 amide bonds. The van der Waals surface area contributed by atoms with Gasteiger partial charge in [-0.1, -0.05) is 60.7 Å². The number of benzene rings is 2. The number of carbonyl (C=O) groups excluding carboxylic acids is 1. The third kappa shape index (κ3) is 2.78. The lowest BCUT2D eigenvalue weighted by molar-refractivity contribution is -0.124. The molecule has 2 aromatic rings. The van der Waals surface area contributed by atoms with E-state index in [0.717, 1.165) is 11.1 Å². The van der Waals surface area contributed by atoms with Crippen molar-refractivity contribution in [1.82, 2.24) is 5.43 Å². The number of amides is 1. The van der Waals surface area contributed by atoms with Crippen molar-refractivity contribution in [2.45, 2.75) is 12.0 Å². The molecule has 2 unspecified atom stereocenters. The molecular formula is C18H18N2O2. The van der Waals surface area contributed by atoms with Crippen molar-refractivity contribution in [2.24, 2.45) is 11.0 Å². The zero-order valence-electron chi connectivity index (χ0n) is 12.4. The van der Waals surface area contributed by atoms with E-state index in [0.29, 0.717) is 6.42 Å². The lowest BCUT2D eigenvalue weighted by Crippen LogP contribution is -2.25. The number of carbonyl (C=O) groups is 1. The Kier molecular flexibility index (Phi) is 4.02. The minimum absolute atomic E-state index is 0.113. The van der Waals surface area contributed by atoms with Gasteiger partial charge >= 0.3 is 0 Å². The van der Waals surface area contributed by atoms with Crippen LogP contribution in [-0.2, 0) is 15.1 Å². The molecule has 22 heavy (non-hydrogen) atoms. The maximum atomic E-state index is 12.2. The van der Waals surface area contributed by atoms with E-state index < -0.39 is 5.60 Å². The number of nitrogens with one attached hydrogen (secondary N) is 1. The van der Waals surface area contributed by atoms with Gasteiger partial charge in [-0.25, -0.2) is 5.43 Å². The van der Waals surface area contributed by atoms with Crippen LogP contribution in [0.2, 0.25) is 0 Å². The summed E-state index contributed by atoms with van der Waals surface area (Å²) in [5.74, 6) is -0.314. The highest BCUT2D eigenvalue weighted by Gasteiger charge is 2.60. The van der Waals surface area contributed by atoms with Gasteiger partial charge in [0.05, 0.1) is 12.1 Å².